The zero-order valence-corrected chi connectivity index (χ0v) is 19.7. The molecule has 160 valence electrons. The summed E-state index contributed by atoms with van der Waals surface area (Å²) in [5.74, 6) is -0.542. The molecular weight excluding hydrogens is 512 g/mol. The molecule has 1 N–H and O–H groups in total. The molecule has 1 fully saturated rings. The molecule has 0 aromatic heterocycles. The summed E-state index contributed by atoms with van der Waals surface area (Å²) in [4.78, 5) is 27.1. The van der Waals surface area contributed by atoms with Crippen molar-refractivity contribution in [3.8, 4) is 5.75 Å². The van der Waals surface area contributed by atoms with Gasteiger partial charge in [0.25, 0.3) is 11.8 Å². The minimum atomic E-state index is -0.559. The number of thiocarbonyl (C=S) groups is 1. The number of ether oxygens (including phenoxy) is 1. The number of rotatable bonds is 5. The van der Waals surface area contributed by atoms with Gasteiger partial charge in [-0.05, 0) is 66.3 Å². The fourth-order valence-electron chi connectivity index (χ4n) is 3.13. The van der Waals surface area contributed by atoms with Gasteiger partial charge in [0.15, 0.2) is 5.11 Å². The Morgan fingerprint density at radius 2 is 1.75 bits per heavy atom. The topological polar surface area (TPSA) is 58.6 Å². The second-order valence-electron chi connectivity index (χ2n) is 6.89. The summed E-state index contributed by atoms with van der Waals surface area (Å²) in [6, 6.07) is 21.6. The number of hydrogen-bond donors (Lipinski definition) is 1. The normalized spacial score (nSPS) is 15.1. The van der Waals surface area contributed by atoms with Gasteiger partial charge in [0.05, 0.1) is 5.69 Å². The number of carbonyl (C=O) groups is 2. The van der Waals surface area contributed by atoms with Crippen molar-refractivity contribution in [2.24, 2.45) is 0 Å². The Morgan fingerprint density at radius 1 is 1.03 bits per heavy atom. The number of carbonyl (C=O) groups excluding carboxylic acids is 2. The first-order chi connectivity index (χ1) is 15.4. The quantitative estimate of drug-likeness (QED) is 0.270. The van der Waals surface area contributed by atoms with Crippen LogP contribution < -0.4 is 15.0 Å². The molecule has 3 aromatic carbocycles. The van der Waals surface area contributed by atoms with Gasteiger partial charge in [-0.1, -0.05) is 57.9 Å². The molecule has 2 amide bonds. The van der Waals surface area contributed by atoms with Crippen LogP contribution in [0.1, 0.15) is 11.1 Å². The monoisotopic (exact) mass is 526 g/mol. The second-order valence-corrected chi connectivity index (χ2v) is 8.63. The minimum absolute atomic E-state index is 0.0387. The van der Waals surface area contributed by atoms with E-state index in [4.69, 9.17) is 28.6 Å². The molecule has 4 rings (SSSR count). The van der Waals surface area contributed by atoms with E-state index in [0.717, 1.165) is 10.0 Å². The molecule has 5 nitrogen and oxygen atoms in total. The van der Waals surface area contributed by atoms with E-state index in [1.54, 1.807) is 48.5 Å². The number of nitrogens with one attached hydrogen (secondary N) is 1. The van der Waals surface area contributed by atoms with Crippen molar-refractivity contribution in [2.75, 3.05) is 4.90 Å². The Labute approximate surface area is 203 Å². The number of nitrogens with zero attached hydrogens (tertiary/aromatic N) is 1. The molecule has 0 unspecified atom stereocenters. The van der Waals surface area contributed by atoms with E-state index in [0.29, 0.717) is 28.6 Å². The molecule has 1 saturated heterocycles. The number of anilines is 1. The van der Waals surface area contributed by atoms with Crippen LogP contribution in [-0.2, 0) is 16.2 Å². The average molecular weight is 528 g/mol. The third-order valence-corrected chi connectivity index (χ3v) is 5.73. The largest absolute Gasteiger partial charge is 0.488 e. The van der Waals surface area contributed by atoms with Gasteiger partial charge in [-0.3, -0.25) is 19.8 Å². The predicted molar refractivity (Wildman–Crippen MR) is 133 cm³/mol. The van der Waals surface area contributed by atoms with E-state index < -0.39 is 11.8 Å². The zero-order valence-electron chi connectivity index (χ0n) is 16.5. The average Bonchev–Trinajstić information content (AvgIpc) is 2.78. The third kappa shape index (κ3) is 4.91. The van der Waals surface area contributed by atoms with Crippen LogP contribution in [0.25, 0.3) is 6.08 Å². The number of halogens is 2. The maximum absolute atomic E-state index is 13.2. The van der Waals surface area contributed by atoms with Crippen molar-refractivity contribution >= 4 is 68.4 Å². The van der Waals surface area contributed by atoms with Crippen LogP contribution in [0.4, 0.5) is 5.69 Å². The standard InChI is InChI=1S/C24H16BrClN2O3S/c25-17-8-11-21(31-14-15-6-9-18(26)10-7-15)16(12-17)13-20-22(29)27-24(32)28(23(20)30)19-4-2-1-3-5-19/h1-13H,14H2,(H,27,29,32)/b20-13-. The molecule has 1 aliphatic heterocycles. The van der Waals surface area contributed by atoms with E-state index in [1.165, 1.54) is 11.0 Å². The van der Waals surface area contributed by atoms with Crippen LogP contribution in [0.2, 0.25) is 5.02 Å². The number of amides is 2. The van der Waals surface area contributed by atoms with Crippen molar-refractivity contribution in [1.82, 2.24) is 5.32 Å². The first kappa shape index (κ1) is 22.2. The maximum Gasteiger partial charge on any atom is 0.270 e. The fraction of sp³-hybridized carbons (Fsp3) is 0.0417. The molecule has 0 bridgehead atoms. The van der Waals surface area contributed by atoms with Gasteiger partial charge >= 0.3 is 0 Å². The lowest BCUT2D eigenvalue weighted by atomic mass is 10.1. The van der Waals surface area contributed by atoms with Crippen molar-refractivity contribution in [3.63, 3.8) is 0 Å². The zero-order chi connectivity index (χ0) is 22.7. The highest BCUT2D eigenvalue weighted by atomic mass is 79.9. The van der Waals surface area contributed by atoms with Gasteiger partial charge in [0.1, 0.15) is 17.9 Å². The van der Waals surface area contributed by atoms with Crippen LogP contribution in [0, 0.1) is 0 Å². The smallest absolute Gasteiger partial charge is 0.270 e. The summed E-state index contributed by atoms with van der Waals surface area (Å²) >= 11 is 14.6. The van der Waals surface area contributed by atoms with Crippen LogP contribution >= 0.6 is 39.7 Å². The molecule has 0 spiro atoms. The molecule has 8 heteroatoms. The van der Waals surface area contributed by atoms with Gasteiger partial charge in [-0.15, -0.1) is 0 Å². The highest BCUT2D eigenvalue weighted by Gasteiger charge is 2.34. The molecule has 0 radical (unpaired) electrons. The predicted octanol–water partition coefficient (Wildman–Crippen LogP) is 5.51. The van der Waals surface area contributed by atoms with E-state index >= 15 is 0 Å². The van der Waals surface area contributed by atoms with Crippen LogP contribution in [0.5, 0.6) is 5.75 Å². The molecule has 1 heterocycles. The van der Waals surface area contributed by atoms with E-state index in [9.17, 15) is 9.59 Å². The first-order valence-electron chi connectivity index (χ1n) is 9.55. The summed E-state index contributed by atoms with van der Waals surface area (Å²) in [6.07, 6.45) is 1.51. The highest BCUT2D eigenvalue weighted by Crippen LogP contribution is 2.28. The molecule has 32 heavy (non-hydrogen) atoms. The van der Waals surface area contributed by atoms with Gasteiger partial charge in [-0.25, -0.2) is 0 Å². The van der Waals surface area contributed by atoms with E-state index in [-0.39, 0.29) is 10.7 Å². The summed E-state index contributed by atoms with van der Waals surface area (Å²) in [7, 11) is 0. The Morgan fingerprint density at radius 3 is 2.47 bits per heavy atom. The summed E-state index contributed by atoms with van der Waals surface area (Å²) in [6.45, 7) is 0.301. The Kier molecular flexibility index (Phi) is 6.69. The Hall–Kier alpha value is -3.00. The first-order valence-corrected chi connectivity index (χ1v) is 11.1. The van der Waals surface area contributed by atoms with Crippen molar-refractivity contribution in [1.29, 1.82) is 0 Å². The van der Waals surface area contributed by atoms with Crippen LogP contribution in [0.15, 0.2) is 82.8 Å². The third-order valence-electron chi connectivity index (χ3n) is 4.70. The summed E-state index contributed by atoms with van der Waals surface area (Å²) in [5, 5.41) is 3.27. The SMILES string of the molecule is O=C1NC(=S)N(c2ccccc2)C(=O)/C1=C\c1cc(Br)ccc1OCc1ccc(Cl)cc1. The van der Waals surface area contributed by atoms with Gasteiger partial charge in [0.2, 0.25) is 0 Å². The lowest BCUT2D eigenvalue weighted by Gasteiger charge is -2.29. The van der Waals surface area contributed by atoms with Gasteiger partial charge < -0.3 is 4.74 Å². The van der Waals surface area contributed by atoms with Crippen molar-refractivity contribution in [2.45, 2.75) is 6.61 Å². The van der Waals surface area contributed by atoms with Gasteiger partial charge in [-0.2, -0.15) is 0 Å². The molecule has 0 atom stereocenters. The Balaban J connectivity index is 1.66. The molecule has 0 saturated carbocycles. The van der Waals surface area contributed by atoms with Crippen molar-refractivity contribution < 1.29 is 14.3 Å². The fourth-order valence-corrected chi connectivity index (χ4v) is 3.92. The van der Waals surface area contributed by atoms with E-state index in [1.807, 2.05) is 24.3 Å². The number of hydrogen-bond acceptors (Lipinski definition) is 4. The van der Waals surface area contributed by atoms with Gasteiger partial charge in [0, 0.05) is 15.1 Å². The minimum Gasteiger partial charge on any atom is -0.488 e. The maximum atomic E-state index is 13.2. The lowest BCUT2D eigenvalue weighted by molar-refractivity contribution is -0.122. The molecule has 3 aromatic rings. The van der Waals surface area contributed by atoms with Crippen molar-refractivity contribution in [3.05, 3.63) is 99.0 Å². The Bertz CT molecular complexity index is 1230. The van der Waals surface area contributed by atoms with Crippen LogP contribution in [-0.4, -0.2) is 16.9 Å². The van der Waals surface area contributed by atoms with Crippen LogP contribution in [0.3, 0.4) is 0 Å². The number of para-hydroxylation sites is 1. The molecule has 0 aliphatic carbocycles. The van der Waals surface area contributed by atoms with E-state index in [2.05, 4.69) is 21.2 Å². The highest BCUT2D eigenvalue weighted by molar-refractivity contribution is 9.10. The summed E-state index contributed by atoms with van der Waals surface area (Å²) < 4.78 is 6.75. The number of benzene rings is 3. The molecular formula is C24H16BrClN2O3S. The molecule has 1 aliphatic rings. The second kappa shape index (κ2) is 9.65. The lowest BCUT2D eigenvalue weighted by Crippen LogP contribution is -2.54. The summed E-state index contributed by atoms with van der Waals surface area (Å²) in [5.41, 5.74) is 2.04.